The molecule has 198 valence electrons. The Labute approximate surface area is 217 Å². The van der Waals surface area contributed by atoms with Crippen LogP contribution in [0.5, 0.6) is 0 Å². The molecular formula is C24H25ClF3N5O3S. The second-order valence-electron chi connectivity index (χ2n) is 8.55. The molecule has 1 aliphatic heterocycles. The van der Waals surface area contributed by atoms with Crippen molar-refractivity contribution in [3.63, 3.8) is 0 Å². The summed E-state index contributed by atoms with van der Waals surface area (Å²) in [6.07, 6.45) is -2.20. The fourth-order valence-electron chi connectivity index (χ4n) is 4.34. The first-order valence-electron chi connectivity index (χ1n) is 11.6. The van der Waals surface area contributed by atoms with E-state index in [1.165, 1.54) is 48.5 Å². The fourth-order valence-corrected chi connectivity index (χ4v) is 5.58. The third-order valence-corrected chi connectivity index (χ3v) is 7.84. The maximum Gasteiger partial charge on any atom is 0.434 e. The minimum atomic E-state index is -4.90. The van der Waals surface area contributed by atoms with Crippen molar-refractivity contribution in [2.75, 3.05) is 25.0 Å². The van der Waals surface area contributed by atoms with E-state index in [0.717, 1.165) is 32.1 Å². The SMILES string of the molecule is CCN1CCCC1CNS(=O)(=O)c1cccc(NC(=O)c2cnn(-c3ccc(Cl)cc3)c2C(F)(F)F)c1. The molecule has 0 spiro atoms. The van der Waals surface area contributed by atoms with E-state index in [-0.39, 0.29) is 28.9 Å². The van der Waals surface area contributed by atoms with Crippen LogP contribution in [0.15, 0.2) is 59.6 Å². The molecule has 1 atom stereocenters. The number of aromatic nitrogens is 2. The first-order valence-corrected chi connectivity index (χ1v) is 13.4. The molecule has 1 fully saturated rings. The number of rotatable bonds is 8. The summed E-state index contributed by atoms with van der Waals surface area (Å²) in [5.74, 6) is -1.08. The number of hydrogen-bond acceptors (Lipinski definition) is 5. The van der Waals surface area contributed by atoms with Crippen molar-refractivity contribution in [3.8, 4) is 5.69 Å². The van der Waals surface area contributed by atoms with Gasteiger partial charge in [-0.15, -0.1) is 0 Å². The van der Waals surface area contributed by atoms with Gasteiger partial charge in [-0.05, 0) is 68.4 Å². The predicted octanol–water partition coefficient (Wildman–Crippen LogP) is 4.56. The van der Waals surface area contributed by atoms with Crippen LogP contribution in [0, 0.1) is 0 Å². The molecule has 0 aliphatic carbocycles. The van der Waals surface area contributed by atoms with Gasteiger partial charge in [0.25, 0.3) is 5.91 Å². The van der Waals surface area contributed by atoms with E-state index in [1.807, 2.05) is 6.92 Å². The zero-order valence-corrected chi connectivity index (χ0v) is 21.4. The lowest BCUT2D eigenvalue weighted by molar-refractivity contribution is -0.143. The van der Waals surface area contributed by atoms with Crippen LogP contribution in [0.3, 0.4) is 0 Å². The average Bonchev–Trinajstić information content (AvgIpc) is 3.50. The molecule has 3 aromatic rings. The highest BCUT2D eigenvalue weighted by Gasteiger charge is 2.40. The molecule has 1 amide bonds. The number of carbonyl (C=O) groups excluding carboxylic acids is 1. The molecule has 1 aliphatic rings. The van der Waals surface area contributed by atoms with Gasteiger partial charge in [0.15, 0.2) is 5.69 Å². The van der Waals surface area contributed by atoms with Crippen LogP contribution in [0.25, 0.3) is 5.69 Å². The van der Waals surface area contributed by atoms with E-state index in [1.54, 1.807) is 0 Å². The number of likely N-dealkylation sites (N-methyl/N-ethyl adjacent to an activating group) is 1. The summed E-state index contributed by atoms with van der Waals surface area (Å²) in [5.41, 5.74) is -1.89. The zero-order chi connectivity index (χ0) is 26.8. The van der Waals surface area contributed by atoms with Crippen LogP contribution >= 0.6 is 11.6 Å². The fraction of sp³-hybridized carbons (Fsp3) is 0.333. The van der Waals surface area contributed by atoms with Gasteiger partial charge in [0.2, 0.25) is 10.0 Å². The van der Waals surface area contributed by atoms with Gasteiger partial charge in [-0.1, -0.05) is 24.6 Å². The molecule has 1 unspecified atom stereocenters. The van der Waals surface area contributed by atoms with Crippen LogP contribution in [0.2, 0.25) is 5.02 Å². The van der Waals surface area contributed by atoms with E-state index < -0.39 is 33.4 Å². The lowest BCUT2D eigenvalue weighted by atomic mass is 10.2. The number of benzene rings is 2. The van der Waals surface area contributed by atoms with E-state index >= 15 is 0 Å². The van der Waals surface area contributed by atoms with Gasteiger partial charge < -0.3 is 5.32 Å². The van der Waals surface area contributed by atoms with Crippen molar-refractivity contribution in [1.29, 1.82) is 0 Å². The highest BCUT2D eigenvalue weighted by atomic mass is 35.5. The number of hydrogen-bond donors (Lipinski definition) is 2. The van der Waals surface area contributed by atoms with E-state index in [9.17, 15) is 26.4 Å². The Morgan fingerprint density at radius 2 is 1.92 bits per heavy atom. The number of alkyl halides is 3. The van der Waals surface area contributed by atoms with Crippen molar-refractivity contribution in [2.45, 2.75) is 36.9 Å². The monoisotopic (exact) mass is 555 g/mol. The summed E-state index contributed by atoms with van der Waals surface area (Å²) in [6.45, 7) is 4.00. The number of nitrogens with one attached hydrogen (secondary N) is 2. The highest BCUT2D eigenvalue weighted by Crippen LogP contribution is 2.34. The van der Waals surface area contributed by atoms with Gasteiger partial charge in [-0.3, -0.25) is 9.69 Å². The van der Waals surface area contributed by atoms with E-state index in [0.29, 0.717) is 9.70 Å². The number of anilines is 1. The summed E-state index contributed by atoms with van der Waals surface area (Å²) in [7, 11) is -3.90. The second kappa shape index (κ2) is 10.8. The molecule has 0 bridgehead atoms. The third-order valence-electron chi connectivity index (χ3n) is 6.17. The number of halogens is 4. The summed E-state index contributed by atoms with van der Waals surface area (Å²) >= 11 is 5.82. The number of nitrogens with zero attached hydrogens (tertiary/aromatic N) is 3. The largest absolute Gasteiger partial charge is 0.434 e. The molecule has 0 radical (unpaired) electrons. The standard InChI is InChI=1S/C24H25ClF3N5O3S/c1-2-32-12-4-6-19(32)14-30-37(35,36)20-7-3-5-17(13-20)31-23(34)21-15-29-33(22(21)24(26,27)28)18-10-8-16(25)9-11-18/h3,5,7-11,13,15,19,30H,2,4,6,12,14H2,1H3,(H,31,34). The number of carbonyl (C=O) groups is 1. The predicted molar refractivity (Wildman–Crippen MR) is 133 cm³/mol. The van der Waals surface area contributed by atoms with Crippen molar-refractivity contribution in [3.05, 3.63) is 71.0 Å². The Morgan fingerprint density at radius 1 is 1.19 bits per heavy atom. The van der Waals surface area contributed by atoms with E-state index in [4.69, 9.17) is 11.6 Å². The van der Waals surface area contributed by atoms with E-state index in [2.05, 4.69) is 20.0 Å². The van der Waals surface area contributed by atoms with Crippen molar-refractivity contribution >= 4 is 33.2 Å². The van der Waals surface area contributed by atoms with Crippen LogP contribution in [-0.4, -0.2) is 54.7 Å². The van der Waals surface area contributed by atoms with Crippen molar-refractivity contribution in [2.24, 2.45) is 0 Å². The Bertz CT molecular complexity index is 1380. The molecule has 2 aromatic carbocycles. The normalized spacial score (nSPS) is 16.7. The molecule has 37 heavy (non-hydrogen) atoms. The molecule has 8 nitrogen and oxygen atoms in total. The van der Waals surface area contributed by atoms with Gasteiger partial charge in [0.05, 0.1) is 22.3 Å². The lowest BCUT2D eigenvalue weighted by Crippen LogP contribution is -2.40. The first kappa shape index (κ1) is 27.1. The van der Waals surface area contributed by atoms with Crippen LogP contribution in [0.1, 0.15) is 35.8 Å². The second-order valence-corrected chi connectivity index (χ2v) is 10.8. The summed E-state index contributed by atoms with van der Waals surface area (Å²) in [5, 5.41) is 6.45. The number of likely N-dealkylation sites (tertiary alicyclic amines) is 1. The minimum absolute atomic E-state index is 0.0243. The number of sulfonamides is 1. The van der Waals surface area contributed by atoms with Crippen molar-refractivity contribution in [1.82, 2.24) is 19.4 Å². The van der Waals surface area contributed by atoms with Gasteiger partial charge >= 0.3 is 6.18 Å². The molecule has 4 rings (SSSR count). The molecule has 1 aromatic heterocycles. The lowest BCUT2D eigenvalue weighted by Gasteiger charge is -2.22. The molecule has 2 N–H and O–H groups in total. The minimum Gasteiger partial charge on any atom is -0.322 e. The Kier molecular flexibility index (Phi) is 7.93. The Balaban J connectivity index is 1.54. The maximum atomic E-state index is 13.9. The van der Waals surface area contributed by atoms with Gasteiger partial charge in [-0.2, -0.15) is 18.3 Å². The summed E-state index contributed by atoms with van der Waals surface area (Å²) in [4.78, 5) is 14.9. The molecule has 0 saturated carbocycles. The van der Waals surface area contributed by atoms with Gasteiger partial charge in [0.1, 0.15) is 0 Å². The molecular weight excluding hydrogens is 531 g/mol. The topological polar surface area (TPSA) is 96.3 Å². The number of amides is 1. The molecule has 13 heteroatoms. The van der Waals surface area contributed by atoms with Gasteiger partial charge in [-0.25, -0.2) is 17.8 Å². The van der Waals surface area contributed by atoms with Crippen LogP contribution in [0.4, 0.5) is 18.9 Å². The molecule has 2 heterocycles. The average molecular weight is 556 g/mol. The van der Waals surface area contributed by atoms with Crippen molar-refractivity contribution < 1.29 is 26.4 Å². The maximum absolute atomic E-state index is 13.9. The zero-order valence-electron chi connectivity index (χ0n) is 19.8. The first-order chi connectivity index (χ1) is 17.5. The quantitative estimate of drug-likeness (QED) is 0.425. The highest BCUT2D eigenvalue weighted by molar-refractivity contribution is 7.89. The Morgan fingerprint density at radius 3 is 2.59 bits per heavy atom. The van der Waals surface area contributed by atoms with Crippen LogP contribution < -0.4 is 10.0 Å². The van der Waals surface area contributed by atoms with Gasteiger partial charge in [0, 0.05) is 23.3 Å². The smallest absolute Gasteiger partial charge is 0.322 e. The molecule has 1 saturated heterocycles. The third kappa shape index (κ3) is 6.15. The Hall–Kier alpha value is -2.93. The summed E-state index contributed by atoms with van der Waals surface area (Å²) < 4.78 is 70.7. The van der Waals surface area contributed by atoms with Crippen LogP contribution in [-0.2, 0) is 16.2 Å². The summed E-state index contributed by atoms with van der Waals surface area (Å²) in [6, 6.07) is 10.9.